The normalized spacial score (nSPS) is 21.4. The van der Waals surface area contributed by atoms with Crippen molar-refractivity contribution in [1.82, 2.24) is 10.2 Å². The van der Waals surface area contributed by atoms with Gasteiger partial charge in [0.05, 0.1) is 0 Å². The average molecular weight is 282 g/mol. The van der Waals surface area contributed by atoms with Gasteiger partial charge in [0.25, 0.3) is 5.91 Å². The molecule has 20 heavy (non-hydrogen) atoms. The Hall–Kier alpha value is -1.69. The van der Waals surface area contributed by atoms with E-state index in [1.165, 1.54) is 6.92 Å². The van der Waals surface area contributed by atoms with Crippen molar-refractivity contribution in [3.05, 3.63) is 11.6 Å². The molecule has 6 heteroatoms. The van der Waals surface area contributed by atoms with Crippen molar-refractivity contribution in [2.24, 2.45) is 0 Å². The van der Waals surface area contributed by atoms with E-state index >= 15 is 0 Å². The second kappa shape index (κ2) is 7.19. The van der Waals surface area contributed by atoms with Crippen LogP contribution in [0.5, 0.6) is 0 Å². The van der Waals surface area contributed by atoms with Gasteiger partial charge in [-0.3, -0.25) is 19.7 Å². The first-order valence-corrected chi connectivity index (χ1v) is 6.95. The van der Waals surface area contributed by atoms with E-state index in [1.807, 2.05) is 13.8 Å². The standard InChI is InChI=1S/C14H22N2O4/c1-4-6-10(5-2)14(20)16(9(3)17)11-7-8-12(18)15-13(11)19/h6,9,11,17H,4-5,7-8H2,1-3H3,(H,15,18,19)/b10-6+. The smallest absolute Gasteiger partial charge is 0.252 e. The molecule has 2 atom stereocenters. The molecule has 1 heterocycles. The monoisotopic (exact) mass is 282 g/mol. The number of hydrogen-bond donors (Lipinski definition) is 2. The van der Waals surface area contributed by atoms with Gasteiger partial charge in [-0.05, 0) is 26.2 Å². The lowest BCUT2D eigenvalue weighted by atomic mass is 10.0. The number of hydrogen-bond acceptors (Lipinski definition) is 4. The van der Waals surface area contributed by atoms with Crippen LogP contribution in [0.4, 0.5) is 0 Å². The Kier molecular flexibility index (Phi) is 5.88. The van der Waals surface area contributed by atoms with Crippen LogP contribution in [-0.2, 0) is 14.4 Å². The Morgan fingerprint density at radius 3 is 2.60 bits per heavy atom. The fraction of sp³-hybridized carbons (Fsp3) is 0.643. The molecule has 112 valence electrons. The molecular weight excluding hydrogens is 260 g/mol. The minimum absolute atomic E-state index is 0.172. The SMILES string of the molecule is CC/C=C(\CC)C(=O)N(C(C)O)C1CCC(=O)NC1=O. The van der Waals surface area contributed by atoms with E-state index in [-0.39, 0.29) is 24.7 Å². The zero-order valence-electron chi connectivity index (χ0n) is 12.2. The van der Waals surface area contributed by atoms with Crippen LogP contribution in [0, 0.1) is 0 Å². The first kappa shape index (κ1) is 16.4. The molecule has 2 unspecified atom stereocenters. The van der Waals surface area contributed by atoms with Gasteiger partial charge in [0.15, 0.2) is 0 Å². The molecule has 1 rings (SSSR count). The summed E-state index contributed by atoms with van der Waals surface area (Å²) >= 11 is 0. The minimum Gasteiger partial charge on any atom is -0.374 e. The van der Waals surface area contributed by atoms with Crippen molar-refractivity contribution < 1.29 is 19.5 Å². The quantitative estimate of drug-likeness (QED) is 0.441. The second-order valence-corrected chi connectivity index (χ2v) is 4.80. The predicted molar refractivity (Wildman–Crippen MR) is 73.4 cm³/mol. The zero-order valence-corrected chi connectivity index (χ0v) is 12.2. The number of allylic oxidation sites excluding steroid dienone is 1. The van der Waals surface area contributed by atoms with Crippen LogP contribution in [0.2, 0.25) is 0 Å². The third-order valence-electron chi connectivity index (χ3n) is 3.29. The van der Waals surface area contributed by atoms with Crippen LogP contribution in [-0.4, -0.2) is 40.0 Å². The largest absolute Gasteiger partial charge is 0.374 e. The number of carbonyl (C=O) groups excluding carboxylic acids is 3. The van der Waals surface area contributed by atoms with Gasteiger partial charge in [-0.25, -0.2) is 0 Å². The van der Waals surface area contributed by atoms with Gasteiger partial charge >= 0.3 is 0 Å². The van der Waals surface area contributed by atoms with E-state index in [4.69, 9.17) is 0 Å². The van der Waals surface area contributed by atoms with Crippen LogP contribution < -0.4 is 5.32 Å². The number of nitrogens with zero attached hydrogens (tertiary/aromatic N) is 1. The highest BCUT2D eigenvalue weighted by Crippen LogP contribution is 2.19. The summed E-state index contributed by atoms with van der Waals surface area (Å²) in [6.45, 7) is 5.21. The lowest BCUT2D eigenvalue weighted by Gasteiger charge is -2.35. The molecule has 1 fully saturated rings. The number of amides is 3. The average Bonchev–Trinajstić information content (AvgIpc) is 2.38. The van der Waals surface area contributed by atoms with Crippen molar-refractivity contribution in [2.75, 3.05) is 0 Å². The molecule has 1 aliphatic rings. The summed E-state index contributed by atoms with van der Waals surface area (Å²) in [6.07, 6.45) is 2.36. The van der Waals surface area contributed by atoms with E-state index in [0.29, 0.717) is 18.4 Å². The van der Waals surface area contributed by atoms with Crippen molar-refractivity contribution in [2.45, 2.75) is 58.7 Å². The topological polar surface area (TPSA) is 86.7 Å². The Balaban J connectivity index is 3.00. The summed E-state index contributed by atoms with van der Waals surface area (Å²) in [7, 11) is 0. The van der Waals surface area contributed by atoms with Crippen molar-refractivity contribution in [3.63, 3.8) is 0 Å². The van der Waals surface area contributed by atoms with Gasteiger partial charge < -0.3 is 10.0 Å². The number of rotatable bonds is 5. The molecule has 1 saturated heterocycles. The van der Waals surface area contributed by atoms with Gasteiger partial charge in [-0.15, -0.1) is 0 Å². The molecule has 0 aromatic heterocycles. The molecule has 1 aliphatic heterocycles. The van der Waals surface area contributed by atoms with Crippen LogP contribution in [0.3, 0.4) is 0 Å². The van der Waals surface area contributed by atoms with Crippen molar-refractivity contribution in [1.29, 1.82) is 0 Å². The fourth-order valence-corrected chi connectivity index (χ4v) is 2.31. The highest BCUT2D eigenvalue weighted by atomic mass is 16.3. The first-order valence-electron chi connectivity index (χ1n) is 6.95. The molecule has 0 spiro atoms. The Bertz CT molecular complexity index is 429. The predicted octanol–water partition coefficient (Wildman–Crippen LogP) is 0.705. The Morgan fingerprint density at radius 1 is 1.50 bits per heavy atom. The molecule has 6 nitrogen and oxygen atoms in total. The molecular formula is C14H22N2O4. The van der Waals surface area contributed by atoms with Crippen LogP contribution in [0.15, 0.2) is 11.6 Å². The lowest BCUT2D eigenvalue weighted by molar-refractivity contribution is -0.152. The molecule has 0 aliphatic carbocycles. The number of nitrogens with one attached hydrogen (secondary N) is 1. The van der Waals surface area contributed by atoms with Crippen LogP contribution in [0.1, 0.15) is 46.5 Å². The number of carbonyl (C=O) groups is 3. The van der Waals surface area contributed by atoms with Crippen molar-refractivity contribution >= 4 is 17.7 Å². The lowest BCUT2D eigenvalue weighted by Crippen LogP contribution is -2.57. The van der Waals surface area contributed by atoms with Gasteiger partial charge in [0.1, 0.15) is 12.3 Å². The molecule has 0 radical (unpaired) electrons. The molecule has 2 N–H and O–H groups in total. The van der Waals surface area contributed by atoms with E-state index in [1.54, 1.807) is 6.08 Å². The van der Waals surface area contributed by atoms with Crippen LogP contribution in [0.25, 0.3) is 0 Å². The van der Waals surface area contributed by atoms with Gasteiger partial charge in [0.2, 0.25) is 11.8 Å². The molecule has 0 aromatic carbocycles. The number of piperidine rings is 1. The highest BCUT2D eigenvalue weighted by Gasteiger charge is 2.37. The number of aliphatic hydroxyl groups is 1. The third kappa shape index (κ3) is 3.66. The zero-order chi connectivity index (χ0) is 15.3. The summed E-state index contributed by atoms with van der Waals surface area (Å²) < 4.78 is 0. The molecule has 3 amide bonds. The van der Waals surface area contributed by atoms with E-state index in [9.17, 15) is 19.5 Å². The minimum atomic E-state index is -1.08. The molecule has 0 bridgehead atoms. The first-order chi connectivity index (χ1) is 9.42. The van der Waals surface area contributed by atoms with Gasteiger partial charge in [0, 0.05) is 12.0 Å². The van der Waals surface area contributed by atoms with E-state index in [2.05, 4.69) is 5.32 Å². The maximum atomic E-state index is 12.5. The summed E-state index contributed by atoms with van der Waals surface area (Å²) in [5.74, 6) is -1.22. The maximum absolute atomic E-state index is 12.5. The summed E-state index contributed by atoms with van der Waals surface area (Å²) in [5, 5.41) is 12.1. The van der Waals surface area contributed by atoms with Gasteiger partial charge in [-0.1, -0.05) is 19.9 Å². The number of imide groups is 1. The highest BCUT2D eigenvalue weighted by molar-refractivity contribution is 6.03. The van der Waals surface area contributed by atoms with E-state index in [0.717, 1.165) is 4.90 Å². The van der Waals surface area contributed by atoms with Gasteiger partial charge in [-0.2, -0.15) is 0 Å². The summed E-state index contributed by atoms with van der Waals surface area (Å²) in [6, 6.07) is -0.799. The molecule has 0 aromatic rings. The fourth-order valence-electron chi connectivity index (χ4n) is 2.31. The second-order valence-electron chi connectivity index (χ2n) is 4.80. The van der Waals surface area contributed by atoms with Crippen molar-refractivity contribution in [3.8, 4) is 0 Å². The number of aliphatic hydroxyl groups excluding tert-OH is 1. The summed E-state index contributed by atoms with van der Waals surface area (Å²) in [5.41, 5.74) is 0.568. The molecule has 0 saturated carbocycles. The van der Waals surface area contributed by atoms with Crippen LogP contribution >= 0.6 is 0 Å². The summed E-state index contributed by atoms with van der Waals surface area (Å²) in [4.78, 5) is 36.7. The Morgan fingerprint density at radius 2 is 2.15 bits per heavy atom. The maximum Gasteiger partial charge on any atom is 0.252 e. The van der Waals surface area contributed by atoms with E-state index < -0.39 is 18.2 Å². The third-order valence-corrected chi connectivity index (χ3v) is 3.29. The Labute approximate surface area is 118 Å².